The second-order valence-electron chi connectivity index (χ2n) is 11.5. The van der Waals surface area contributed by atoms with E-state index in [0.717, 1.165) is 31.2 Å². The van der Waals surface area contributed by atoms with Crippen molar-refractivity contribution < 1.29 is 12.6 Å². The lowest BCUT2D eigenvalue weighted by Gasteiger charge is -2.22. The molecule has 41 heavy (non-hydrogen) atoms. The number of rotatable bonds is 9. The highest BCUT2D eigenvalue weighted by Gasteiger charge is 2.21. The molecule has 0 aliphatic heterocycles. The van der Waals surface area contributed by atoms with Gasteiger partial charge in [-0.25, -0.2) is 13.1 Å². The van der Waals surface area contributed by atoms with Crippen molar-refractivity contribution in [2.75, 3.05) is 7.11 Å². The summed E-state index contributed by atoms with van der Waals surface area (Å²) in [5.41, 5.74) is 7.98. The highest BCUT2D eigenvalue weighted by molar-refractivity contribution is 7.84. The van der Waals surface area contributed by atoms with Crippen LogP contribution in [0.3, 0.4) is 0 Å². The van der Waals surface area contributed by atoms with Gasteiger partial charge in [0.15, 0.2) is 11.1 Å². The SMILES string of the molecule is COS(=O)C(C)(C)C.C[C@@H](N)CCc1ccc(Cl)c(Cl)c1.C[C@H](CCc1ccc(Cl)c(Cl)c1)N[S@@](=O)C(C)(C)C.Cl. The first-order valence-corrected chi connectivity index (χ1v) is 16.8. The van der Waals surface area contributed by atoms with E-state index in [0.29, 0.717) is 20.1 Å². The quantitative estimate of drug-likeness (QED) is 0.272. The molecule has 0 spiro atoms. The van der Waals surface area contributed by atoms with Gasteiger partial charge in [-0.15, -0.1) is 12.4 Å². The summed E-state index contributed by atoms with van der Waals surface area (Å²) < 4.78 is 29.9. The first-order valence-electron chi connectivity index (χ1n) is 13.1. The molecule has 0 saturated carbocycles. The summed E-state index contributed by atoms with van der Waals surface area (Å²) >= 11 is 22.4. The summed E-state index contributed by atoms with van der Waals surface area (Å²) in [6, 6.07) is 11.8. The van der Waals surface area contributed by atoms with Gasteiger partial charge < -0.3 is 5.73 Å². The van der Waals surface area contributed by atoms with E-state index < -0.39 is 22.1 Å². The van der Waals surface area contributed by atoms with Gasteiger partial charge in [-0.05, 0) is 116 Å². The summed E-state index contributed by atoms with van der Waals surface area (Å²) in [6.45, 7) is 15.5. The molecule has 0 radical (unpaired) electrons. The fourth-order valence-corrected chi connectivity index (χ4v) is 4.81. The maximum absolute atomic E-state index is 11.9. The average molecular weight is 713 g/mol. The van der Waals surface area contributed by atoms with Gasteiger partial charge in [-0.1, -0.05) is 58.5 Å². The normalized spacial score (nSPS) is 14.3. The molecule has 0 saturated heterocycles. The van der Waals surface area contributed by atoms with Crippen LogP contribution in [0.25, 0.3) is 0 Å². The minimum atomic E-state index is -1.14. The number of hydrogen-bond donors (Lipinski definition) is 2. The van der Waals surface area contributed by atoms with Crippen molar-refractivity contribution in [3.05, 3.63) is 67.6 Å². The van der Waals surface area contributed by atoms with Crippen LogP contribution in [-0.4, -0.2) is 37.1 Å². The van der Waals surface area contributed by atoms with Gasteiger partial charge in [0.05, 0.1) is 47.7 Å². The third kappa shape index (κ3) is 19.9. The molecule has 238 valence electrons. The predicted octanol–water partition coefficient (Wildman–Crippen LogP) is 9.16. The summed E-state index contributed by atoms with van der Waals surface area (Å²) in [5, 5.41) is 2.37. The fourth-order valence-electron chi connectivity index (χ4n) is 2.84. The van der Waals surface area contributed by atoms with Crippen molar-refractivity contribution in [3.8, 4) is 0 Å². The Kier molecular flexibility index (Phi) is 22.0. The van der Waals surface area contributed by atoms with Crippen LogP contribution in [0.1, 0.15) is 79.4 Å². The van der Waals surface area contributed by atoms with E-state index in [2.05, 4.69) is 8.91 Å². The van der Waals surface area contributed by atoms with E-state index in [1.165, 1.54) is 12.7 Å². The maximum atomic E-state index is 11.9. The zero-order chi connectivity index (χ0) is 31.3. The van der Waals surface area contributed by atoms with Gasteiger partial charge in [-0.2, -0.15) is 0 Å². The molecular formula is C29H47Cl5N2O3S2. The summed E-state index contributed by atoms with van der Waals surface area (Å²) in [5.74, 6) is 0. The molecule has 0 aliphatic rings. The number of hydrogen-bond acceptors (Lipinski definition) is 4. The first kappa shape index (κ1) is 43.2. The Morgan fingerprint density at radius 2 is 1.20 bits per heavy atom. The van der Waals surface area contributed by atoms with Crippen molar-refractivity contribution in [3.63, 3.8) is 0 Å². The van der Waals surface area contributed by atoms with Gasteiger partial charge in [0.25, 0.3) is 0 Å². The standard InChI is InChI=1S/C14H21Cl2NOS.C10H13Cl2N.C5H12O2S.ClH/c1-10(17-19(18)14(2,3)4)5-6-11-7-8-12(15)13(16)9-11;1-7(13)2-3-8-4-5-9(11)10(12)6-8;1-5(2,3)8(6)7-4;/h7-10,17H,5-6H2,1-4H3;4-7H,2-3,13H2,1H3;1-4H3;1H/t10-,19+;7-;;/m11../s1. The number of halogens is 5. The van der Waals surface area contributed by atoms with Crippen LogP contribution >= 0.6 is 58.8 Å². The average Bonchev–Trinajstić information content (AvgIpc) is 2.84. The molecule has 0 aliphatic carbocycles. The van der Waals surface area contributed by atoms with E-state index in [4.69, 9.17) is 52.1 Å². The molecule has 4 atom stereocenters. The van der Waals surface area contributed by atoms with Gasteiger partial charge in [0.2, 0.25) is 0 Å². The Balaban J connectivity index is 0. The first-order chi connectivity index (χ1) is 18.3. The van der Waals surface area contributed by atoms with Crippen molar-refractivity contribution in [1.82, 2.24) is 4.72 Å². The molecule has 2 rings (SSSR count). The Morgan fingerprint density at radius 3 is 1.49 bits per heavy atom. The van der Waals surface area contributed by atoms with E-state index in [1.807, 2.05) is 91.8 Å². The smallest absolute Gasteiger partial charge is 0.160 e. The Labute approximate surface area is 279 Å². The van der Waals surface area contributed by atoms with Gasteiger partial charge in [-0.3, -0.25) is 4.18 Å². The molecule has 2 aromatic carbocycles. The van der Waals surface area contributed by atoms with Crippen LogP contribution in [0.4, 0.5) is 0 Å². The minimum Gasteiger partial charge on any atom is -0.328 e. The predicted molar refractivity (Wildman–Crippen MR) is 186 cm³/mol. The molecule has 0 heterocycles. The van der Waals surface area contributed by atoms with Gasteiger partial charge in [0.1, 0.15) is 0 Å². The maximum Gasteiger partial charge on any atom is 0.160 e. The molecular weight excluding hydrogens is 666 g/mol. The third-order valence-corrected chi connectivity index (χ3v) is 9.75. The Bertz CT molecular complexity index is 1090. The minimum absolute atomic E-state index is 0. The molecule has 0 fully saturated rings. The zero-order valence-corrected chi connectivity index (χ0v) is 31.0. The highest BCUT2D eigenvalue weighted by Crippen LogP contribution is 2.24. The van der Waals surface area contributed by atoms with E-state index >= 15 is 0 Å². The van der Waals surface area contributed by atoms with Gasteiger partial charge in [0, 0.05) is 12.1 Å². The monoisotopic (exact) mass is 710 g/mol. The van der Waals surface area contributed by atoms with E-state index in [9.17, 15) is 8.42 Å². The second kappa shape index (κ2) is 20.9. The molecule has 0 bridgehead atoms. The molecule has 1 unspecified atom stereocenters. The van der Waals surface area contributed by atoms with Crippen molar-refractivity contribution >= 4 is 80.9 Å². The van der Waals surface area contributed by atoms with Crippen LogP contribution < -0.4 is 10.5 Å². The Hall–Kier alpha value is 0.0700. The van der Waals surface area contributed by atoms with Crippen molar-refractivity contribution in [2.24, 2.45) is 5.73 Å². The number of nitrogens with two attached hydrogens (primary N) is 1. The highest BCUT2D eigenvalue weighted by atomic mass is 35.5. The number of nitrogens with one attached hydrogen (secondary N) is 1. The van der Waals surface area contributed by atoms with Crippen LogP contribution in [0, 0.1) is 0 Å². The van der Waals surface area contributed by atoms with Crippen molar-refractivity contribution in [2.45, 2.75) is 103 Å². The topological polar surface area (TPSA) is 81.4 Å². The molecule has 2 aromatic rings. The second-order valence-corrected chi connectivity index (χ2v) is 17.1. The largest absolute Gasteiger partial charge is 0.328 e. The number of benzene rings is 2. The van der Waals surface area contributed by atoms with E-state index in [1.54, 1.807) is 0 Å². The zero-order valence-electron chi connectivity index (χ0n) is 25.5. The summed E-state index contributed by atoms with van der Waals surface area (Å²) in [7, 11) is 0.415. The summed E-state index contributed by atoms with van der Waals surface area (Å²) in [6.07, 6.45) is 3.71. The number of aryl methyl sites for hydroxylation is 2. The molecule has 5 nitrogen and oxygen atoms in total. The van der Waals surface area contributed by atoms with Crippen LogP contribution in [0.2, 0.25) is 20.1 Å². The Morgan fingerprint density at radius 1 is 0.780 bits per heavy atom. The van der Waals surface area contributed by atoms with Crippen LogP contribution in [0.5, 0.6) is 0 Å². The lowest BCUT2D eigenvalue weighted by molar-refractivity contribution is 0.426. The lowest BCUT2D eigenvalue weighted by Crippen LogP contribution is -2.38. The van der Waals surface area contributed by atoms with Crippen LogP contribution in [0.15, 0.2) is 36.4 Å². The van der Waals surface area contributed by atoms with Crippen LogP contribution in [-0.2, 0) is 39.1 Å². The molecule has 3 N–H and O–H groups in total. The molecule has 0 amide bonds. The van der Waals surface area contributed by atoms with E-state index in [-0.39, 0.29) is 34.0 Å². The van der Waals surface area contributed by atoms with Crippen molar-refractivity contribution in [1.29, 1.82) is 0 Å². The van der Waals surface area contributed by atoms with Gasteiger partial charge >= 0.3 is 0 Å². The fraction of sp³-hybridized carbons (Fsp3) is 0.586. The summed E-state index contributed by atoms with van der Waals surface area (Å²) in [4.78, 5) is 0. The molecule has 0 aromatic heterocycles. The third-order valence-electron chi connectivity index (χ3n) is 5.24. The lowest BCUT2D eigenvalue weighted by atomic mass is 10.1. The molecule has 12 heteroatoms.